The van der Waals surface area contributed by atoms with Crippen molar-refractivity contribution in [1.29, 1.82) is 0 Å². The lowest BCUT2D eigenvalue weighted by Gasteiger charge is -2.33. The summed E-state index contributed by atoms with van der Waals surface area (Å²) in [6.07, 6.45) is 10.7. The minimum Gasteiger partial charge on any atom is -0.381 e. The van der Waals surface area contributed by atoms with Crippen LogP contribution in [0.15, 0.2) is 95.3 Å². The Morgan fingerprint density at radius 1 is 1.14 bits per heavy atom. The van der Waals surface area contributed by atoms with E-state index >= 15 is 0 Å². The molecule has 0 fully saturated rings. The molecule has 1 aromatic heterocycles. The fraction of sp³-hybridized carbons (Fsp3) is 0.200. The summed E-state index contributed by atoms with van der Waals surface area (Å²) in [4.78, 5) is 3.90. The number of aliphatic hydroxyl groups is 1. The number of hydrazine groups is 1. The molecular weight excluding hydrogens is 518 g/mol. The van der Waals surface area contributed by atoms with E-state index in [0.717, 1.165) is 33.4 Å². The van der Waals surface area contributed by atoms with E-state index in [0.29, 0.717) is 6.54 Å². The van der Waals surface area contributed by atoms with Crippen molar-refractivity contribution in [1.82, 2.24) is 30.5 Å². The van der Waals surface area contributed by atoms with Crippen LogP contribution in [0.1, 0.15) is 11.1 Å². The van der Waals surface area contributed by atoms with Crippen LogP contribution in [0, 0.1) is 11.6 Å². The highest BCUT2D eigenvalue weighted by atomic mass is 79.9. The van der Waals surface area contributed by atoms with Gasteiger partial charge < -0.3 is 15.4 Å². The molecule has 0 bridgehead atoms. The molecule has 5 rings (SSSR count). The lowest BCUT2D eigenvalue weighted by atomic mass is 9.92. The summed E-state index contributed by atoms with van der Waals surface area (Å²) in [6, 6.07) is 11.2. The summed E-state index contributed by atoms with van der Waals surface area (Å²) in [7, 11) is 0. The monoisotopic (exact) mass is 540 g/mol. The highest BCUT2D eigenvalue weighted by Gasteiger charge is 2.37. The molecule has 0 spiro atoms. The molecule has 0 radical (unpaired) electrons. The second kappa shape index (κ2) is 9.73. The van der Waals surface area contributed by atoms with E-state index in [-0.39, 0.29) is 24.7 Å². The van der Waals surface area contributed by atoms with Gasteiger partial charge in [-0.25, -0.2) is 23.9 Å². The minimum atomic E-state index is -1.71. The van der Waals surface area contributed by atoms with Crippen molar-refractivity contribution in [2.75, 3.05) is 6.54 Å². The second-order valence-electron chi connectivity index (χ2n) is 8.55. The third-order valence-corrected chi connectivity index (χ3v) is 6.45. The molecule has 180 valence electrons. The van der Waals surface area contributed by atoms with Crippen molar-refractivity contribution in [2.24, 2.45) is 0 Å². The first-order valence-corrected chi connectivity index (χ1v) is 11.8. The molecule has 0 saturated heterocycles. The van der Waals surface area contributed by atoms with Gasteiger partial charge in [0, 0.05) is 34.5 Å². The lowest BCUT2D eigenvalue weighted by Crippen LogP contribution is -2.47. The Morgan fingerprint density at radius 3 is 2.71 bits per heavy atom. The van der Waals surface area contributed by atoms with Crippen LogP contribution in [0.4, 0.5) is 8.78 Å². The largest absolute Gasteiger partial charge is 0.381 e. The molecular formula is C25H23BrF2N6O. The third-order valence-electron chi connectivity index (χ3n) is 5.92. The number of hydrogen-bond acceptors (Lipinski definition) is 6. The summed E-state index contributed by atoms with van der Waals surface area (Å²) in [5.41, 5.74) is 4.68. The summed E-state index contributed by atoms with van der Waals surface area (Å²) in [6.45, 7) is 0.617. The Balaban J connectivity index is 1.33. The first-order chi connectivity index (χ1) is 16.9. The van der Waals surface area contributed by atoms with Crippen LogP contribution < -0.4 is 10.7 Å². The Bertz CT molecular complexity index is 1290. The van der Waals surface area contributed by atoms with Gasteiger partial charge in [0.25, 0.3) is 0 Å². The molecule has 2 aromatic carbocycles. The average molecular weight is 541 g/mol. The first-order valence-electron chi connectivity index (χ1n) is 11.0. The Labute approximate surface area is 209 Å². The quantitative estimate of drug-likeness (QED) is 0.405. The maximum Gasteiger partial charge on any atom is 0.137 e. The van der Waals surface area contributed by atoms with Gasteiger partial charge in [-0.15, -0.1) is 0 Å². The van der Waals surface area contributed by atoms with Crippen LogP contribution in [0.25, 0.3) is 0 Å². The van der Waals surface area contributed by atoms with Crippen molar-refractivity contribution in [3.63, 3.8) is 0 Å². The van der Waals surface area contributed by atoms with Gasteiger partial charge in [-0.05, 0) is 41.5 Å². The van der Waals surface area contributed by atoms with E-state index in [2.05, 4.69) is 48.9 Å². The SMILES string of the molecule is OC(CN1C=C2C=C(NCc3ccc(Br)cc3)C=CC2N1)(Cn1cncn1)c1ccc(F)cc1F. The van der Waals surface area contributed by atoms with Crippen molar-refractivity contribution >= 4 is 15.9 Å². The van der Waals surface area contributed by atoms with Gasteiger partial charge in [-0.2, -0.15) is 5.10 Å². The standard InChI is InChI=1S/C25H23BrF2N6O/c26-19-3-1-17(2-4-19)11-30-21-6-8-24-18(9-21)12-33(32-24)13-25(35,14-34-16-29-15-31-34)22-7-5-20(27)10-23(22)28/h1-10,12,15-16,24,30,32,35H,11,13-14H2. The fourth-order valence-corrected chi connectivity index (χ4v) is 4.48. The third kappa shape index (κ3) is 5.34. The number of nitrogens with one attached hydrogen (secondary N) is 2. The van der Waals surface area contributed by atoms with Crippen molar-refractivity contribution in [2.45, 2.75) is 24.7 Å². The number of nitrogens with zero attached hydrogens (tertiary/aromatic N) is 4. The molecule has 7 nitrogen and oxygen atoms in total. The van der Waals surface area contributed by atoms with Crippen LogP contribution in [-0.2, 0) is 18.7 Å². The molecule has 0 saturated carbocycles. The molecule has 1 aliphatic heterocycles. The van der Waals surface area contributed by atoms with Gasteiger partial charge in [0.1, 0.15) is 29.9 Å². The Hall–Kier alpha value is -3.34. The molecule has 10 heteroatoms. The van der Waals surface area contributed by atoms with Crippen LogP contribution in [0.2, 0.25) is 0 Å². The van der Waals surface area contributed by atoms with E-state index in [1.807, 2.05) is 36.6 Å². The molecule has 0 amide bonds. The highest BCUT2D eigenvalue weighted by molar-refractivity contribution is 9.10. The van der Waals surface area contributed by atoms with Gasteiger partial charge >= 0.3 is 0 Å². The first kappa shape index (κ1) is 23.4. The number of allylic oxidation sites excluding steroid dienone is 1. The summed E-state index contributed by atoms with van der Waals surface area (Å²) >= 11 is 3.44. The molecule has 2 heterocycles. The van der Waals surface area contributed by atoms with Crippen LogP contribution in [-0.4, -0.2) is 37.5 Å². The van der Waals surface area contributed by atoms with Crippen LogP contribution in [0.5, 0.6) is 0 Å². The predicted octanol–water partition coefficient (Wildman–Crippen LogP) is 3.52. The Kier molecular flexibility index (Phi) is 6.50. The van der Waals surface area contributed by atoms with Gasteiger partial charge in [-0.3, -0.25) is 0 Å². The number of aromatic nitrogens is 3. The summed E-state index contributed by atoms with van der Waals surface area (Å²) < 4.78 is 30.7. The van der Waals surface area contributed by atoms with E-state index in [9.17, 15) is 13.9 Å². The predicted molar refractivity (Wildman–Crippen MR) is 130 cm³/mol. The zero-order valence-electron chi connectivity index (χ0n) is 18.6. The van der Waals surface area contributed by atoms with Crippen LogP contribution in [0.3, 0.4) is 0 Å². The zero-order chi connectivity index (χ0) is 24.4. The summed E-state index contributed by atoms with van der Waals surface area (Å²) in [5.74, 6) is -1.53. The molecule has 3 N–H and O–H groups in total. The fourth-order valence-electron chi connectivity index (χ4n) is 4.22. The zero-order valence-corrected chi connectivity index (χ0v) is 20.2. The molecule has 35 heavy (non-hydrogen) atoms. The van der Waals surface area contributed by atoms with Crippen molar-refractivity contribution in [3.8, 4) is 0 Å². The Morgan fingerprint density at radius 2 is 1.97 bits per heavy atom. The maximum atomic E-state index is 14.7. The van der Waals surface area contributed by atoms with Gasteiger partial charge in [-0.1, -0.05) is 40.2 Å². The number of hydrogen-bond donors (Lipinski definition) is 3. The van der Waals surface area contributed by atoms with E-state index in [4.69, 9.17) is 0 Å². The molecule has 2 aliphatic rings. The lowest BCUT2D eigenvalue weighted by molar-refractivity contribution is -0.0195. The number of rotatable bonds is 8. The van der Waals surface area contributed by atoms with E-state index in [1.54, 1.807) is 5.01 Å². The number of fused-ring (bicyclic) bond motifs is 1. The normalized spacial score (nSPS) is 18.6. The molecule has 1 aliphatic carbocycles. The maximum absolute atomic E-state index is 14.7. The molecule has 2 atom stereocenters. The summed E-state index contributed by atoms with van der Waals surface area (Å²) in [5, 5.41) is 20.8. The number of β-amino-alcohol motifs (C(OH)–C–C–N with tert-alkyl or cyclic N) is 1. The molecule has 3 aromatic rings. The second-order valence-corrected chi connectivity index (χ2v) is 9.47. The van der Waals surface area contributed by atoms with Gasteiger partial charge in [0.15, 0.2) is 0 Å². The average Bonchev–Trinajstić information content (AvgIpc) is 3.47. The smallest absolute Gasteiger partial charge is 0.137 e. The van der Waals surface area contributed by atoms with Crippen LogP contribution >= 0.6 is 15.9 Å². The van der Waals surface area contributed by atoms with Gasteiger partial charge in [0.2, 0.25) is 0 Å². The van der Waals surface area contributed by atoms with E-state index < -0.39 is 17.2 Å². The van der Waals surface area contributed by atoms with Gasteiger partial charge in [0.05, 0.1) is 19.1 Å². The topological polar surface area (TPSA) is 78.2 Å². The number of halogens is 3. The minimum absolute atomic E-state index is 0.00124. The van der Waals surface area contributed by atoms with Crippen molar-refractivity contribution in [3.05, 3.63) is 118 Å². The number of benzene rings is 2. The van der Waals surface area contributed by atoms with Crippen molar-refractivity contribution < 1.29 is 13.9 Å². The molecule has 2 unspecified atom stereocenters. The highest BCUT2D eigenvalue weighted by Crippen LogP contribution is 2.30. The van der Waals surface area contributed by atoms with E-state index in [1.165, 1.54) is 23.4 Å².